The molecular formula is C16H25BrN2O2S. The summed E-state index contributed by atoms with van der Waals surface area (Å²) in [7, 11) is 0. The van der Waals surface area contributed by atoms with Gasteiger partial charge in [-0.2, -0.15) is 0 Å². The predicted octanol–water partition coefficient (Wildman–Crippen LogP) is 4.39. The Labute approximate surface area is 145 Å². The Balaban J connectivity index is 1.87. The molecule has 1 amide bonds. The van der Waals surface area contributed by atoms with Crippen LogP contribution in [0.3, 0.4) is 0 Å². The zero-order valence-corrected chi connectivity index (χ0v) is 15.9. The van der Waals surface area contributed by atoms with Crippen LogP contribution in [0.2, 0.25) is 0 Å². The zero-order chi connectivity index (χ0) is 16.2. The van der Waals surface area contributed by atoms with Crippen LogP contribution in [-0.2, 0) is 11.3 Å². The fourth-order valence-corrected chi connectivity index (χ4v) is 4.04. The number of rotatable bonds is 4. The van der Waals surface area contributed by atoms with Crippen molar-refractivity contribution in [3.63, 3.8) is 0 Å². The third-order valence-corrected chi connectivity index (χ3v) is 5.54. The van der Waals surface area contributed by atoms with E-state index in [-0.39, 0.29) is 12.1 Å². The number of hydrogen-bond acceptors (Lipinski definition) is 4. The number of halogens is 1. The van der Waals surface area contributed by atoms with Gasteiger partial charge in [0.05, 0.1) is 0 Å². The van der Waals surface area contributed by atoms with E-state index in [1.807, 2.05) is 25.7 Å². The number of thiophene rings is 1. The molecule has 1 N–H and O–H groups in total. The van der Waals surface area contributed by atoms with Crippen molar-refractivity contribution in [1.29, 1.82) is 0 Å². The minimum absolute atomic E-state index is 0.184. The Hall–Kier alpha value is -0.590. The average Bonchev–Trinajstić information content (AvgIpc) is 2.83. The normalized spacial score (nSPS) is 19.3. The summed E-state index contributed by atoms with van der Waals surface area (Å²) >= 11 is 5.28. The summed E-state index contributed by atoms with van der Waals surface area (Å²) < 4.78 is 6.68. The second-order valence-electron chi connectivity index (χ2n) is 6.65. The van der Waals surface area contributed by atoms with Gasteiger partial charge in [0, 0.05) is 35.0 Å². The summed E-state index contributed by atoms with van der Waals surface area (Å²) in [4.78, 5) is 15.5. The molecule has 0 saturated carbocycles. The Morgan fingerprint density at radius 1 is 1.50 bits per heavy atom. The molecule has 1 aromatic rings. The predicted molar refractivity (Wildman–Crippen MR) is 94.3 cm³/mol. The number of nitrogens with one attached hydrogen (secondary N) is 1. The molecule has 6 heteroatoms. The minimum atomic E-state index is -0.436. The first-order chi connectivity index (χ1) is 10.4. The highest BCUT2D eigenvalue weighted by molar-refractivity contribution is 9.10. The van der Waals surface area contributed by atoms with E-state index in [2.05, 4.69) is 32.7 Å². The maximum atomic E-state index is 12.3. The van der Waals surface area contributed by atoms with Crippen LogP contribution in [-0.4, -0.2) is 35.7 Å². The highest BCUT2D eigenvalue weighted by Crippen LogP contribution is 2.23. The van der Waals surface area contributed by atoms with E-state index in [9.17, 15) is 4.79 Å². The molecule has 0 bridgehead atoms. The Bertz CT molecular complexity index is 499. The number of piperidine rings is 1. The first kappa shape index (κ1) is 17.8. The molecule has 4 nitrogen and oxygen atoms in total. The Kier molecular flexibility index (Phi) is 6.29. The molecule has 2 rings (SSSR count). The zero-order valence-electron chi connectivity index (χ0n) is 13.5. The smallest absolute Gasteiger partial charge is 0.410 e. The van der Waals surface area contributed by atoms with E-state index < -0.39 is 5.60 Å². The summed E-state index contributed by atoms with van der Waals surface area (Å²) in [6.45, 7) is 8.17. The minimum Gasteiger partial charge on any atom is -0.444 e. The van der Waals surface area contributed by atoms with Gasteiger partial charge in [-0.05, 0) is 67.4 Å². The maximum Gasteiger partial charge on any atom is 0.410 e. The summed E-state index contributed by atoms with van der Waals surface area (Å²) in [6.07, 6.45) is 3.09. The van der Waals surface area contributed by atoms with Crippen LogP contribution in [0, 0.1) is 0 Å². The van der Waals surface area contributed by atoms with Gasteiger partial charge < -0.3 is 15.0 Å². The van der Waals surface area contributed by atoms with Crippen LogP contribution in [0.1, 0.15) is 44.9 Å². The van der Waals surface area contributed by atoms with Crippen LogP contribution in [0.4, 0.5) is 4.79 Å². The van der Waals surface area contributed by atoms with Crippen LogP contribution >= 0.6 is 27.3 Å². The van der Waals surface area contributed by atoms with Crippen molar-refractivity contribution < 1.29 is 9.53 Å². The lowest BCUT2D eigenvalue weighted by atomic mass is 10.0. The van der Waals surface area contributed by atoms with Crippen LogP contribution < -0.4 is 5.32 Å². The van der Waals surface area contributed by atoms with E-state index in [0.717, 1.165) is 36.9 Å². The van der Waals surface area contributed by atoms with Gasteiger partial charge in [0.15, 0.2) is 0 Å². The Morgan fingerprint density at radius 2 is 2.27 bits per heavy atom. The van der Waals surface area contributed by atoms with E-state index in [1.54, 1.807) is 11.3 Å². The van der Waals surface area contributed by atoms with Gasteiger partial charge in [0.1, 0.15) is 5.60 Å². The summed E-state index contributed by atoms with van der Waals surface area (Å²) in [5.74, 6) is 0. The van der Waals surface area contributed by atoms with E-state index in [0.29, 0.717) is 0 Å². The van der Waals surface area contributed by atoms with Gasteiger partial charge in [-0.3, -0.25) is 0 Å². The summed E-state index contributed by atoms with van der Waals surface area (Å²) in [6, 6.07) is 2.29. The number of carbonyl (C=O) groups is 1. The number of carbonyl (C=O) groups excluding carboxylic acids is 1. The van der Waals surface area contributed by atoms with E-state index in [1.165, 1.54) is 11.3 Å². The summed E-state index contributed by atoms with van der Waals surface area (Å²) in [5, 5.41) is 5.56. The van der Waals surface area contributed by atoms with Gasteiger partial charge in [-0.25, -0.2) is 4.79 Å². The fourth-order valence-electron chi connectivity index (χ4n) is 2.58. The molecule has 124 valence electrons. The molecule has 1 unspecified atom stereocenters. The van der Waals surface area contributed by atoms with Crippen molar-refractivity contribution in [2.75, 3.05) is 13.1 Å². The maximum absolute atomic E-state index is 12.3. The van der Waals surface area contributed by atoms with Gasteiger partial charge in [0.25, 0.3) is 0 Å². The molecule has 1 saturated heterocycles. The van der Waals surface area contributed by atoms with Crippen molar-refractivity contribution in [3.8, 4) is 0 Å². The van der Waals surface area contributed by atoms with E-state index >= 15 is 0 Å². The standard InChI is InChI=1S/C16H25BrN2O2S/c1-16(2,3)21-15(20)19-8-5-4-6-12(19)10-18-11-14-13(17)7-9-22-14/h7,9,12,18H,4-6,8,10-11H2,1-3H3. The lowest BCUT2D eigenvalue weighted by Crippen LogP contribution is -2.50. The van der Waals surface area contributed by atoms with Crippen molar-refractivity contribution in [2.45, 2.75) is 58.2 Å². The molecule has 0 radical (unpaired) electrons. The van der Waals surface area contributed by atoms with Crippen molar-refractivity contribution in [3.05, 3.63) is 20.8 Å². The van der Waals surface area contributed by atoms with Crippen molar-refractivity contribution in [2.24, 2.45) is 0 Å². The third-order valence-electron chi connectivity index (χ3n) is 3.61. The van der Waals surface area contributed by atoms with E-state index in [4.69, 9.17) is 4.74 Å². The second kappa shape index (κ2) is 7.79. The molecular weight excluding hydrogens is 364 g/mol. The largest absolute Gasteiger partial charge is 0.444 e. The van der Waals surface area contributed by atoms with Gasteiger partial charge in [-0.1, -0.05) is 0 Å². The lowest BCUT2D eigenvalue weighted by molar-refractivity contribution is 0.00994. The molecule has 2 heterocycles. The highest BCUT2D eigenvalue weighted by atomic mass is 79.9. The number of nitrogens with zero attached hydrogens (tertiary/aromatic N) is 1. The number of likely N-dealkylation sites (tertiary alicyclic amines) is 1. The average molecular weight is 389 g/mol. The quantitative estimate of drug-likeness (QED) is 0.831. The summed E-state index contributed by atoms with van der Waals surface area (Å²) in [5.41, 5.74) is -0.436. The van der Waals surface area contributed by atoms with Crippen molar-refractivity contribution in [1.82, 2.24) is 10.2 Å². The van der Waals surface area contributed by atoms with Gasteiger partial charge in [0.2, 0.25) is 0 Å². The number of hydrogen-bond donors (Lipinski definition) is 1. The SMILES string of the molecule is CC(C)(C)OC(=O)N1CCCCC1CNCc1sccc1Br. The fraction of sp³-hybridized carbons (Fsp3) is 0.688. The molecule has 1 aromatic heterocycles. The number of amides is 1. The molecule has 0 aliphatic carbocycles. The number of ether oxygens (including phenoxy) is 1. The second-order valence-corrected chi connectivity index (χ2v) is 8.50. The molecule has 0 spiro atoms. The molecule has 1 atom stereocenters. The third kappa shape index (κ3) is 5.25. The van der Waals surface area contributed by atoms with Gasteiger partial charge >= 0.3 is 6.09 Å². The van der Waals surface area contributed by atoms with Crippen LogP contribution in [0.15, 0.2) is 15.9 Å². The molecule has 0 aromatic carbocycles. The Morgan fingerprint density at radius 3 is 2.91 bits per heavy atom. The monoisotopic (exact) mass is 388 g/mol. The molecule has 1 aliphatic heterocycles. The molecule has 1 fully saturated rings. The first-order valence-electron chi connectivity index (χ1n) is 7.79. The van der Waals surface area contributed by atoms with Crippen LogP contribution in [0.5, 0.6) is 0 Å². The van der Waals surface area contributed by atoms with Gasteiger partial charge in [-0.15, -0.1) is 11.3 Å². The van der Waals surface area contributed by atoms with Crippen molar-refractivity contribution >= 4 is 33.4 Å². The highest BCUT2D eigenvalue weighted by Gasteiger charge is 2.30. The first-order valence-corrected chi connectivity index (χ1v) is 9.46. The van der Waals surface area contributed by atoms with Crippen LogP contribution in [0.25, 0.3) is 0 Å². The topological polar surface area (TPSA) is 41.6 Å². The molecule has 22 heavy (non-hydrogen) atoms. The lowest BCUT2D eigenvalue weighted by Gasteiger charge is -2.36. The molecule has 1 aliphatic rings.